The lowest BCUT2D eigenvalue weighted by atomic mass is 9.84. The largest absolute Gasteiger partial charge is 0.329 e. The molecule has 1 unspecified atom stereocenters. The molecule has 1 fully saturated rings. The summed E-state index contributed by atoms with van der Waals surface area (Å²) in [4.78, 5) is 0. The summed E-state index contributed by atoms with van der Waals surface area (Å²) in [6, 6.07) is -0.101. The summed E-state index contributed by atoms with van der Waals surface area (Å²) < 4.78 is 25.1. The van der Waals surface area contributed by atoms with Crippen LogP contribution in [0.4, 0.5) is 0 Å². The van der Waals surface area contributed by atoms with Gasteiger partial charge in [0.15, 0.2) is 0 Å². The number of hydrogen-bond acceptors (Lipinski definition) is 3. The number of rotatable bonds is 6. The fraction of sp³-hybridized carbons (Fsp3) is 1.00. The molecular weight excluding hydrogens is 212 g/mol. The molecule has 1 aliphatic rings. The second-order valence-electron chi connectivity index (χ2n) is 4.50. The van der Waals surface area contributed by atoms with Crippen LogP contribution in [-0.4, -0.2) is 38.1 Å². The van der Waals surface area contributed by atoms with Crippen LogP contribution in [-0.2, 0) is 10.0 Å². The van der Waals surface area contributed by atoms with Crippen LogP contribution >= 0.6 is 0 Å². The van der Waals surface area contributed by atoms with E-state index in [1.54, 1.807) is 7.05 Å². The Morgan fingerprint density at radius 2 is 2.07 bits per heavy atom. The van der Waals surface area contributed by atoms with E-state index in [0.29, 0.717) is 12.5 Å². The van der Waals surface area contributed by atoms with Gasteiger partial charge in [0.2, 0.25) is 10.0 Å². The minimum Gasteiger partial charge on any atom is -0.329 e. The molecule has 1 saturated carbocycles. The van der Waals surface area contributed by atoms with Crippen molar-refractivity contribution in [1.29, 1.82) is 0 Å². The zero-order valence-electron chi connectivity index (χ0n) is 9.65. The minimum atomic E-state index is -3.09. The first-order chi connectivity index (χ1) is 6.97. The molecule has 90 valence electrons. The minimum absolute atomic E-state index is 0.101. The lowest BCUT2D eigenvalue weighted by Crippen LogP contribution is -2.41. The van der Waals surface area contributed by atoms with E-state index in [0.717, 1.165) is 6.42 Å². The molecule has 15 heavy (non-hydrogen) atoms. The fourth-order valence-electron chi connectivity index (χ4n) is 1.66. The van der Waals surface area contributed by atoms with Crippen molar-refractivity contribution in [2.75, 3.05) is 19.3 Å². The standard InChI is InChI=1S/C10H22N2O2S/c1-9(8-11)12(2)15(13,14)7-6-10-4-3-5-10/h9-10H,3-8,11H2,1-2H3. The molecule has 0 aromatic carbocycles. The topological polar surface area (TPSA) is 63.4 Å². The third-order valence-corrected chi connectivity index (χ3v) is 5.40. The molecule has 4 nitrogen and oxygen atoms in total. The molecule has 0 aromatic rings. The first kappa shape index (κ1) is 12.9. The van der Waals surface area contributed by atoms with E-state index < -0.39 is 10.0 Å². The monoisotopic (exact) mass is 234 g/mol. The van der Waals surface area contributed by atoms with Crippen LogP contribution in [0.25, 0.3) is 0 Å². The number of likely N-dealkylation sites (N-methyl/N-ethyl adjacent to an activating group) is 1. The van der Waals surface area contributed by atoms with Gasteiger partial charge in [-0.1, -0.05) is 19.3 Å². The molecule has 1 atom stereocenters. The second-order valence-corrected chi connectivity index (χ2v) is 6.65. The Hall–Kier alpha value is -0.130. The van der Waals surface area contributed by atoms with Gasteiger partial charge in [-0.15, -0.1) is 0 Å². The Balaban J connectivity index is 2.42. The van der Waals surface area contributed by atoms with Gasteiger partial charge in [0.25, 0.3) is 0 Å². The van der Waals surface area contributed by atoms with Crippen molar-refractivity contribution in [3.8, 4) is 0 Å². The quantitative estimate of drug-likeness (QED) is 0.739. The molecule has 0 bridgehead atoms. The SMILES string of the molecule is CC(CN)N(C)S(=O)(=O)CCC1CCC1. The number of nitrogens with zero attached hydrogens (tertiary/aromatic N) is 1. The Morgan fingerprint density at radius 3 is 2.47 bits per heavy atom. The molecule has 1 aliphatic carbocycles. The van der Waals surface area contributed by atoms with Gasteiger partial charge in [0.1, 0.15) is 0 Å². The normalized spacial score (nSPS) is 20.3. The molecule has 0 aliphatic heterocycles. The molecule has 5 heteroatoms. The first-order valence-electron chi connectivity index (χ1n) is 5.63. The Morgan fingerprint density at radius 1 is 1.47 bits per heavy atom. The Kier molecular flexibility index (Phi) is 4.55. The van der Waals surface area contributed by atoms with E-state index >= 15 is 0 Å². The molecule has 0 aromatic heterocycles. The van der Waals surface area contributed by atoms with Crippen molar-refractivity contribution in [2.24, 2.45) is 11.7 Å². The molecule has 0 amide bonds. The summed E-state index contributed by atoms with van der Waals surface area (Å²) in [5.74, 6) is 0.916. The highest BCUT2D eigenvalue weighted by molar-refractivity contribution is 7.89. The maximum atomic E-state index is 11.8. The first-order valence-corrected chi connectivity index (χ1v) is 7.24. The molecule has 0 radical (unpaired) electrons. The number of sulfonamides is 1. The van der Waals surface area contributed by atoms with Crippen molar-refractivity contribution in [2.45, 2.75) is 38.6 Å². The van der Waals surface area contributed by atoms with Gasteiger partial charge in [-0.25, -0.2) is 12.7 Å². The third-order valence-electron chi connectivity index (χ3n) is 3.41. The lowest BCUT2D eigenvalue weighted by molar-refractivity contribution is 0.304. The van der Waals surface area contributed by atoms with Gasteiger partial charge in [-0.2, -0.15) is 0 Å². The predicted octanol–water partition coefficient (Wildman–Crippen LogP) is 0.785. The van der Waals surface area contributed by atoms with Gasteiger partial charge in [-0.05, 0) is 19.3 Å². The van der Waals surface area contributed by atoms with Crippen LogP contribution in [0, 0.1) is 5.92 Å². The predicted molar refractivity (Wildman–Crippen MR) is 62.0 cm³/mol. The third kappa shape index (κ3) is 3.43. The highest BCUT2D eigenvalue weighted by atomic mass is 32.2. The average molecular weight is 234 g/mol. The van der Waals surface area contributed by atoms with E-state index in [4.69, 9.17) is 5.73 Å². The van der Waals surface area contributed by atoms with Crippen LogP contribution in [0.5, 0.6) is 0 Å². The maximum absolute atomic E-state index is 11.8. The van der Waals surface area contributed by atoms with Gasteiger partial charge >= 0.3 is 0 Å². The number of hydrogen-bond donors (Lipinski definition) is 1. The highest BCUT2D eigenvalue weighted by Crippen LogP contribution is 2.29. The van der Waals surface area contributed by atoms with Crippen molar-refractivity contribution in [3.63, 3.8) is 0 Å². The fourth-order valence-corrected chi connectivity index (χ4v) is 3.22. The van der Waals surface area contributed by atoms with E-state index in [1.807, 2.05) is 6.92 Å². The van der Waals surface area contributed by atoms with Crippen LogP contribution in [0.2, 0.25) is 0 Å². The van der Waals surface area contributed by atoms with Crippen LogP contribution in [0.3, 0.4) is 0 Å². The smallest absolute Gasteiger partial charge is 0.214 e. The van der Waals surface area contributed by atoms with E-state index in [2.05, 4.69) is 0 Å². The van der Waals surface area contributed by atoms with Gasteiger partial charge in [-0.3, -0.25) is 0 Å². The van der Waals surface area contributed by atoms with Crippen molar-refractivity contribution < 1.29 is 8.42 Å². The van der Waals surface area contributed by atoms with Crippen LogP contribution < -0.4 is 5.73 Å². The summed E-state index contributed by atoms with van der Waals surface area (Å²) in [5, 5.41) is 0. The summed E-state index contributed by atoms with van der Waals surface area (Å²) in [5.41, 5.74) is 5.46. The van der Waals surface area contributed by atoms with Gasteiger partial charge in [0.05, 0.1) is 5.75 Å². The highest BCUT2D eigenvalue weighted by Gasteiger charge is 2.25. The number of nitrogens with two attached hydrogens (primary N) is 1. The van der Waals surface area contributed by atoms with E-state index in [9.17, 15) is 8.42 Å². The van der Waals surface area contributed by atoms with Crippen LogP contribution in [0.1, 0.15) is 32.6 Å². The Labute approximate surface area is 92.9 Å². The van der Waals surface area contributed by atoms with Gasteiger partial charge in [0, 0.05) is 19.6 Å². The van der Waals surface area contributed by atoms with Crippen molar-refractivity contribution in [1.82, 2.24) is 4.31 Å². The Bertz CT molecular complexity index is 286. The molecular formula is C10H22N2O2S. The summed E-state index contributed by atoms with van der Waals surface area (Å²) in [7, 11) is -1.47. The molecule has 0 saturated heterocycles. The maximum Gasteiger partial charge on any atom is 0.214 e. The average Bonchev–Trinajstić information content (AvgIpc) is 2.12. The molecule has 1 rings (SSSR count). The van der Waals surface area contributed by atoms with Crippen molar-refractivity contribution >= 4 is 10.0 Å². The zero-order chi connectivity index (χ0) is 11.5. The van der Waals surface area contributed by atoms with E-state index in [-0.39, 0.29) is 11.8 Å². The zero-order valence-corrected chi connectivity index (χ0v) is 10.5. The second kappa shape index (κ2) is 5.27. The van der Waals surface area contributed by atoms with E-state index in [1.165, 1.54) is 23.6 Å². The molecule has 0 heterocycles. The van der Waals surface area contributed by atoms with Crippen LogP contribution in [0.15, 0.2) is 0 Å². The molecule has 2 N–H and O–H groups in total. The van der Waals surface area contributed by atoms with Gasteiger partial charge < -0.3 is 5.73 Å². The summed E-state index contributed by atoms with van der Waals surface area (Å²) >= 11 is 0. The molecule has 0 spiro atoms. The lowest BCUT2D eigenvalue weighted by Gasteiger charge is -2.27. The van der Waals surface area contributed by atoms with Crippen molar-refractivity contribution in [3.05, 3.63) is 0 Å². The summed E-state index contributed by atoms with van der Waals surface area (Å²) in [6.07, 6.45) is 4.47. The summed E-state index contributed by atoms with van der Waals surface area (Å²) in [6.45, 7) is 2.21.